The van der Waals surface area contributed by atoms with Gasteiger partial charge in [-0.25, -0.2) is 4.79 Å². The molecule has 2 aliphatic heterocycles. The lowest BCUT2D eigenvalue weighted by molar-refractivity contribution is -0.548. The molecule has 1 fully saturated rings. The van der Waals surface area contributed by atoms with Gasteiger partial charge in [0.15, 0.2) is 0 Å². The molecule has 246 valence electrons. The summed E-state index contributed by atoms with van der Waals surface area (Å²) in [6.45, 7) is 4.77. The van der Waals surface area contributed by atoms with E-state index in [0.717, 1.165) is 66.1 Å². The van der Waals surface area contributed by atoms with Gasteiger partial charge >= 0.3 is 18.4 Å². The number of piperazine rings is 1. The van der Waals surface area contributed by atoms with Crippen LogP contribution in [0.25, 0.3) is 10.8 Å². The van der Waals surface area contributed by atoms with Gasteiger partial charge in [-0.3, -0.25) is 15.0 Å². The number of nitrogens with zero attached hydrogens (tertiary/aromatic N) is 4. The van der Waals surface area contributed by atoms with Crippen molar-refractivity contribution in [1.82, 2.24) is 9.80 Å². The van der Waals surface area contributed by atoms with Crippen molar-refractivity contribution < 1.29 is 32.4 Å². The van der Waals surface area contributed by atoms with Crippen molar-refractivity contribution >= 4 is 39.9 Å². The van der Waals surface area contributed by atoms with E-state index in [4.69, 9.17) is 9.47 Å². The fraction of sp³-hybridized carbons (Fsp3) is 0.324. The minimum Gasteiger partial charge on any atom is -0.456 e. The van der Waals surface area contributed by atoms with Crippen LogP contribution in [-0.2, 0) is 15.7 Å². The standard InChI is InChI=1S/C34H33F3N4O5S/c35-34(36,37)25-13-14-31-28(23-25)40(27-10-3-4-12-30(27)47-31)16-6-15-38-17-19-39(20-18-38)21-22-45-33(42)32(41(43)44)46-29-11-5-8-24-7-1-2-9-26(24)29/h1-5,7-14,23,32H,6,15-22H2. The molecule has 1 saturated heterocycles. The van der Waals surface area contributed by atoms with E-state index < -0.39 is 28.9 Å². The Balaban J connectivity index is 0.970. The van der Waals surface area contributed by atoms with Crippen LogP contribution in [0.15, 0.2) is 94.7 Å². The molecule has 9 nitrogen and oxygen atoms in total. The molecular weight excluding hydrogens is 633 g/mol. The van der Waals surface area contributed by atoms with E-state index in [9.17, 15) is 28.1 Å². The normalized spacial score (nSPS) is 15.9. The van der Waals surface area contributed by atoms with Crippen molar-refractivity contribution in [2.45, 2.75) is 28.6 Å². The number of nitro groups is 1. The molecule has 2 heterocycles. The predicted molar refractivity (Wildman–Crippen MR) is 173 cm³/mol. The van der Waals surface area contributed by atoms with Gasteiger partial charge in [-0.2, -0.15) is 13.2 Å². The lowest BCUT2D eigenvalue weighted by Gasteiger charge is -2.36. The Bertz CT molecular complexity index is 1740. The second-order valence-electron chi connectivity index (χ2n) is 11.3. The van der Waals surface area contributed by atoms with Crippen LogP contribution in [0.5, 0.6) is 5.75 Å². The van der Waals surface area contributed by atoms with Crippen LogP contribution in [-0.4, -0.2) is 79.3 Å². The zero-order valence-corrected chi connectivity index (χ0v) is 26.2. The number of hydrogen-bond donors (Lipinski definition) is 0. The monoisotopic (exact) mass is 666 g/mol. The van der Waals surface area contributed by atoms with Crippen LogP contribution in [0.3, 0.4) is 0 Å². The van der Waals surface area contributed by atoms with Crippen LogP contribution in [0.2, 0.25) is 0 Å². The summed E-state index contributed by atoms with van der Waals surface area (Å²) in [6.07, 6.45) is -5.64. The number of anilines is 2. The summed E-state index contributed by atoms with van der Waals surface area (Å²) < 4.78 is 51.3. The molecular formula is C34H33F3N4O5S. The number of halogens is 3. The Kier molecular flexibility index (Phi) is 9.85. The third-order valence-electron chi connectivity index (χ3n) is 8.31. The molecule has 0 spiro atoms. The maximum absolute atomic E-state index is 13.5. The molecule has 1 unspecified atom stereocenters. The number of hydrogen-bond acceptors (Lipinski definition) is 9. The molecule has 0 aromatic heterocycles. The summed E-state index contributed by atoms with van der Waals surface area (Å²) >= 11 is 1.48. The van der Waals surface area contributed by atoms with Crippen LogP contribution < -0.4 is 9.64 Å². The number of para-hydroxylation sites is 1. The fourth-order valence-corrected chi connectivity index (χ4v) is 6.95. The maximum Gasteiger partial charge on any atom is 0.452 e. The van der Waals surface area contributed by atoms with Crippen molar-refractivity contribution in [3.63, 3.8) is 0 Å². The highest BCUT2D eigenvalue weighted by molar-refractivity contribution is 7.99. The summed E-state index contributed by atoms with van der Waals surface area (Å²) in [4.78, 5) is 31.7. The number of carbonyl (C=O) groups is 1. The topological polar surface area (TPSA) is 88.4 Å². The van der Waals surface area contributed by atoms with E-state index in [0.29, 0.717) is 24.2 Å². The molecule has 4 aromatic carbocycles. The first kappa shape index (κ1) is 32.6. The molecule has 6 rings (SSSR count). The molecule has 47 heavy (non-hydrogen) atoms. The molecule has 1 atom stereocenters. The van der Waals surface area contributed by atoms with Gasteiger partial charge in [-0.15, -0.1) is 0 Å². The minimum atomic E-state index is -4.42. The number of rotatable bonds is 11. The van der Waals surface area contributed by atoms with E-state index in [1.54, 1.807) is 30.3 Å². The van der Waals surface area contributed by atoms with Crippen LogP contribution in [0.1, 0.15) is 12.0 Å². The molecule has 0 radical (unpaired) electrons. The van der Waals surface area contributed by atoms with Crippen molar-refractivity contribution in [3.05, 3.63) is 101 Å². The van der Waals surface area contributed by atoms with Crippen molar-refractivity contribution in [1.29, 1.82) is 0 Å². The largest absolute Gasteiger partial charge is 0.456 e. The van der Waals surface area contributed by atoms with E-state index in [-0.39, 0.29) is 12.4 Å². The number of benzene rings is 4. The lowest BCUT2D eigenvalue weighted by atomic mass is 10.1. The Morgan fingerprint density at radius 2 is 1.53 bits per heavy atom. The first-order chi connectivity index (χ1) is 22.7. The van der Waals surface area contributed by atoms with Gasteiger partial charge in [0.05, 0.1) is 21.9 Å². The van der Waals surface area contributed by atoms with Crippen LogP contribution >= 0.6 is 11.8 Å². The maximum atomic E-state index is 13.5. The fourth-order valence-electron chi connectivity index (χ4n) is 5.88. The quantitative estimate of drug-likeness (QED) is 0.0752. The molecule has 4 aromatic rings. The van der Waals surface area contributed by atoms with Gasteiger partial charge in [0.1, 0.15) is 12.4 Å². The van der Waals surface area contributed by atoms with Gasteiger partial charge in [0, 0.05) is 54.4 Å². The number of fused-ring (bicyclic) bond motifs is 3. The van der Waals surface area contributed by atoms with Gasteiger partial charge < -0.3 is 19.3 Å². The Hall–Kier alpha value is -4.33. The lowest BCUT2D eigenvalue weighted by Crippen LogP contribution is -2.48. The van der Waals surface area contributed by atoms with Gasteiger partial charge in [0.25, 0.3) is 0 Å². The van der Waals surface area contributed by atoms with E-state index >= 15 is 0 Å². The first-order valence-corrected chi connectivity index (χ1v) is 16.1. The van der Waals surface area contributed by atoms with Crippen LogP contribution in [0, 0.1) is 10.1 Å². The van der Waals surface area contributed by atoms with Crippen molar-refractivity contribution in [2.75, 3.05) is 57.3 Å². The molecule has 0 aliphatic carbocycles. The van der Waals surface area contributed by atoms with Crippen LogP contribution in [0.4, 0.5) is 24.5 Å². The number of carbonyl (C=O) groups excluding carboxylic acids is 1. The average Bonchev–Trinajstić information content (AvgIpc) is 3.06. The summed E-state index contributed by atoms with van der Waals surface area (Å²) in [5, 5.41) is 13.2. The Labute approximate surface area is 274 Å². The zero-order valence-electron chi connectivity index (χ0n) is 25.4. The third kappa shape index (κ3) is 7.64. The van der Waals surface area contributed by atoms with Gasteiger partial charge in [-0.05, 0) is 54.8 Å². The third-order valence-corrected chi connectivity index (χ3v) is 9.44. The highest BCUT2D eigenvalue weighted by atomic mass is 32.2. The molecule has 0 amide bonds. The van der Waals surface area contributed by atoms with Gasteiger partial charge in [-0.1, -0.05) is 60.3 Å². The van der Waals surface area contributed by atoms with E-state index in [1.165, 1.54) is 17.8 Å². The Morgan fingerprint density at radius 3 is 2.30 bits per heavy atom. The number of ether oxygens (including phenoxy) is 2. The summed E-state index contributed by atoms with van der Waals surface area (Å²) in [5.74, 6) is -0.820. The SMILES string of the molecule is O=C(OCCN1CCN(CCCN2c3ccccc3Sc3ccc(C(F)(F)F)cc32)CC1)C(Oc1cccc2ccccc12)[N+](=O)[O-]. The van der Waals surface area contributed by atoms with E-state index in [2.05, 4.69) is 9.80 Å². The van der Waals surface area contributed by atoms with E-state index in [1.807, 2.05) is 47.4 Å². The highest BCUT2D eigenvalue weighted by Gasteiger charge is 2.35. The summed E-state index contributed by atoms with van der Waals surface area (Å²) in [5.41, 5.74) is 0.824. The van der Waals surface area contributed by atoms with Crippen molar-refractivity contribution in [2.24, 2.45) is 0 Å². The molecule has 0 saturated carbocycles. The smallest absolute Gasteiger partial charge is 0.452 e. The summed E-state index contributed by atoms with van der Waals surface area (Å²) in [6, 6.07) is 24.1. The second-order valence-corrected chi connectivity index (χ2v) is 12.4. The molecule has 2 aliphatic rings. The van der Waals surface area contributed by atoms with Crippen molar-refractivity contribution in [3.8, 4) is 5.75 Å². The number of alkyl halides is 3. The van der Waals surface area contributed by atoms with Gasteiger partial charge in [0.2, 0.25) is 0 Å². The first-order valence-electron chi connectivity index (χ1n) is 15.3. The predicted octanol–water partition coefficient (Wildman–Crippen LogP) is 6.69. The summed E-state index contributed by atoms with van der Waals surface area (Å²) in [7, 11) is 0. The zero-order chi connectivity index (χ0) is 33.0. The minimum absolute atomic E-state index is 0.00618. The molecule has 13 heteroatoms. The molecule has 0 N–H and O–H groups in total. The highest BCUT2D eigenvalue weighted by Crippen LogP contribution is 2.49. The Morgan fingerprint density at radius 1 is 0.851 bits per heavy atom. The number of esters is 1. The average molecular weight is 667 g/mol. The molecule has 0 bridgehead atoms. The second kappa shape index (κ2) is 14.2.